The molecule has 21 heavy (non-hydrogen) atoms. The highest BCUT2D eigenvalue weighted by molar-refractivity contribution is 6.35. The lowest BCUT2D eigenvalue weighted by Crippen LogP contribution is -2.50. The molecule has 0 unspecified atom stereocenters. The lowest BCUT2D eigenvalue weighted by atomic mass is 10.0. The van der Waals surface area contributed by atoms with Crippen LogP contribution in [0.25, 0.3) is 0 Å². The van der Waals surface area contributed by atoms with Crippen molar-refractivity contribution in [2.24, 2.45) is 5.92 Å². The zero-order valence-corrected chi connectivity index (χ0v) is 14.1. The summed E-state index contributed by atoms with van der Waals surface area (Å²) in [4.78, 5) is 16.6. The van der Waals surface area contributed by atoms with E-state index in [0.717, 1.165) is 44.7 Å². The fourth-order valence-corrected chi connectivity index (χ4v) is 3.32. The van der Waals surface area contributed by atoms with E-state index in [0.29, 0.717) is 16.0 Å². The number of hydrogen-bond acceptors (Lipinski definition) is 2. The topological polar surface area (TPSA) is 23.6 Å². The van der Waals surface area contributed by atoms with Crippen molar-refractivity contribution in [2.75, 3.05) is 31.1 Å². The quantitative estimate of drug-likeness (QED) is 0.831. The first-order valence-corrected chi connectivity index (χ1v) is 8.30. The molecule has 1 heterocycles. The molecule has 0 aliphatic carbocycles. The second-order valence-corrected chi connectivity index (χ2v) is 6.33. The number of carbonyl (C=O) groups excluding carboxylic acids is 1. The Bertz CT molecular complexity index is 475. The molecule has 5 heteroatoms. The number of piperazine rings is 1. The average Bonchev–Trinajstić information content (AvgIpc) is 2.47. The maximum absolute atomic E-state index is 12.4. The Balaban J connectivity index is 1.98. The highest BCUT2D eigenvalue weighted by atomic mass is 35.5. The molecule has 0 saturated carbocycles. The molecular formula is C16H22Cl2N2O. The molecule has 1 aromatic carbocycles. The van der Waals surface area contributed by atoms with Gasteiger partial charge in [-0.25, -0.2) is 0 Å². The van der Waals surface area contributed by atoms with E-state index in [1.807, 2.05) is 17.0 Å². The van der Waals surface area contributed by atoms with Crippen LogP contribution in [0, 0.1) is 5.92 Å². The van der Waals surface area contributed by atoms with Crippen LogP contribution < -0.4 is 4.90 Å². The SMILES string of the molecule is CCC(CC)C(=O)N1CCN(c2cc(Cl)cc(Cl)c2)CC1. The van der Waals surface area contributed by atoms with E-state index >= 15 is 0 Å². The van der Waals surface area contributed by atoms with Crippen LogP contribution in [0.1, 0.15) is 26.7 Å². The third-order valence-electron chi connectivity index (χ3n) is 4.14. The van der Waals surface area contributed by atoms with Crippen LogP contribution in [-0.2, 0) is 4.79 Å². The Hall–Kier alpha value is -0.930. The van der Waals surface area contributed by atoms with Crippen LogP contribution in [0.15, 0.2) is 18.2 Å². The molecule has 0 radical (unpaired) electrons. The Labute approximate surface area is 136 Å². The van der Waals surface area contributed by atoms with Gasteiger partial charge in [-0.15, -0.1) is 0 Å². The highest BCUT2D eigenvalue weighted by Crippen LogP contribution is 2.26. The minimum atomic E-state index is 0.164. The van der Waals surface area contributed by atoms with Crippen LogP contribution in [0.4, 0.5) is 5.69 Å². The van der Waals surface area contributed by atoms with Crippen molar-refractivity contribution < 1.29 is 4.79 Å². The molecule has 0 aromatic heterocycles. The number of rotatable bonds is 4. The fourth-order valence-electron chi connectivity index (χ4n) is 2.80. The molecule has 0 spiro atoms. The summed E-state index contributed by atoms with van der Waals surface area (Å²) >= 11 is 12.1. The van der Waals surface area contributed by atoms with Crippen LogP contribution in [0.2, 0.25) is 10.0 Å². The van der Waals surface area contributed by atoms with E-state index < -0.39 is 0 Å². The fraction of sp³-hybridized carbons (Fsp3) is 0.562. The molecule has 1 aliphatic heterocycles. The summed E-state index contributed by atoms with van der Waals surface area (Å²) in [5, 5.41) is 1.29. The van der Waals surface area contributed by atoms with Crippen LogP contribution in [0.5, 0.6) is 0 Å². The summed E-state index contributed by atoms with van der Waals surface area (Å²) in [5.41, 5.74) is 1.03. The molecule has 1 amide bonds. The predicted octanol–water partition coefficient (Wildman–Crippen LogP) is 4.08. The number of nitrogens with zero attached hydrogens (tertiary/aromatic N) is 2. The molecule has 3 nitrogen and oxygen atoms in total. The number of carbonyl (C=O) groups is 1. The van der Waals surface area contributed by atoms with E-state index in [1.54, 1.807) is 6.07 Å². The Morgan fingerprint density at radius 3 is 2.05 bits per heavy atom. The molecule has 2 rings (SSSR count). The molecule has 0 bridgehead atoms. The van der Waals surface area contributed by atoms with Crippen molar-refractivity contribution in [1.29, 1.82) is 0 Å². The van der Waals surface area contributed by atoms with E-state index in [2.05, 4.69) is 18.7 Å². The van der Waals surface area contributed by atoms with Gasteiger partial charge in [-0.3, -0.25) is 4.79 Å². The molecule has 1 aliphatic rings. The van der Waals surface area contributed by atoms with E-state index in [4.69, 9.17) is 23.2 Å². The number of halogens is 2. The van der Waals surface area contributed by atoms with Gasteiger partial charge in [0.2, 0.25) is 5.91 Å². The number of benzene rings is 1. The lowest BCUT2D eigenvalue weighted by Gasteiger charge is -2.37. The van der Waals surface area contributed by atoms with Gasteiger partial charge in [0.25, 0.3) is 0 Å². The first-order valence-electron chi connectivity index (χ1n) is 7.55. The maximum Gasteiger partial charge on any atom is 0.225 e. The normalized spacial score (nSPS) is 15.7. The van der Waals surface area contributed by atoms with Crippen molar-refractivity contribution in [3.63, 3.8) is 0 Å². The number of anilines is 1. The Morgan fingerprint density at radius 2 is 1.57 bits per heavy atom. The van der Waals surface area contributed by atoms with Gasteiger partial charge in [0.15, 0.2) is 0 Å². The number of hydrogen-bond donors (Lipinski definition) is 0. The summed E-state index contributed by atoms with van der Waals surface area (Å²) < 4.78 is 0. The van der Waals surface area contributed by atoms with E-state index in [-0.39, 0.29) is 5.92 Å². The van der Waals surface area contributed by atoms with Gasteiger partial charge >= 0.3 is 0 Å². The maximum atomic E-state index is 12.4. The third-order valence-corrected chi connectivity index (χ3v) is 4.58. The summed E-state index contributed by atoms with van der Waals surface area (Å²) in [6, 6.07) is 5.58. The lowest BCUT2D eigenvalue weighted by molar-refractivity contribution is -0.136. The van der Waals surface area contributed by atoms with Gasteiger partial charge in [0, 0.05) is 47.8 Å². The number of amides is 1. The minimum absolute atomic E-state index is 0.164. The molecule has 0 atom stereocenters. The average molecular weight is 329 g/mol. The van der Waals surface area contributed by atoms with Crippen LogP contribution in [0.3, 0.4) is 0 Å². The zero-order chi connectivity index (χ0) is 15.4. The van der Waals surface area contributed by atoms with Crippen molar-refractivity contribution in [2.45, 2.75) is 26.7 Å². The molecular weight excluding hydrogens is 307 g/mol. The van der Waals surface area contributed by atoms with Gasteiger partial charge in [0.05, 0.1) is 0 Å². The van der Waals surface area contributed by atoms with Gasteiger partial charge in [-0.05, 0) is 31.0 Å². The molecule has 1 aromatic rings. The van der Waals surface area contributed by atoms with Crippen LogP contribution >= 0.6 is 23.2 Å². The summed E-state index contributed by atoms with van der Waals surface area (Å²) in [7, 11) is 0. The largest absolute Gasteiger partial charge is 0.368 e. The van der Waals surface area contributed by atoms with Gasteiger partial charge in [-0.2, -0.15) is 0 Å². The van der Waals surface area contributed by atoms with Crippen molar-refractivity contribution in [1.82, 2.24) is 4.90 Å². The predicted molar refractivity (Wildman–Crippen MR) is 89.3 cm³/mol. The summed E-state index contributed by atoms with van der Waals surface area (Å²) in [6.45, 7) is 7.33. The third kappa shape index (κ3) is 4.04. The van der Waals surface area contributed by atoms with Gasteiger partial charge in [0.1, 0.15) is 0 Å². The first-order chi connectivity index (χ1) is 10.0. The van der Waals surface area contributed by atoms with Gasteiger partial charge < -0.3 is 9.80 Å². The van der Waals surface area contributed by atoms with E-state index in [9.17, 15) is 4.79 Å². The van der Waals surface area contributed by atoms with Crippen molar-refractivity contribution in [3.05, 3.63) is 28.2 Å². The Kier molecular flexibility index (Phi) is 5.77. The summed E-state index contributed by atoms with van der Waals surface area (Å²) in [6.07, 6.45) is 1.83. The van der Waals surface area contributed by atoms with Crippen molar-refractivity contribution >= 4 is 34.8 Å². The second-order valence-electron chi connectivity index (χ2n) is 5.45. The summed E-state index contributed by atoms with van der Waals surface area (Å²) in [5.74, 6) is 0.459. The molecule has 1 saturated heterocycles. The first kappa shape index (κ1) is 16.4. The monoisotopic (exact) mass is 328 g/mol. The van der Waals surface area contributed by atoms with Gasteiger partial charge in [-0.1, -0.05) is 37.0 Å². The minimum Gasteiger partial charge on any atom is -0.368 e. The zero-order valence-electron chi connectivity index (χ0n) is 12.6. The molecule has 116 valence electrons. The van der Waals surface area contributed by atoms with Crippen molar-refractivity contribution in [3.8, 4) is 0 Å². The standard InChI is InChI=1S/C16H22Cl2N2O/c1-3-12(4-2)16(21)20-7-5-19(6-8-20)15-10-13(17)9-14(18)11-15/h9-12H,3-8H2,1-2H3. The van der Waals surface area contributed by atoms with E-state index in [1.165, 1.54) is 0 Å². The Morgan fingerprint density at radius 1 is 1.05 bits per heavy atom. The highest BCUT2D eigenvalue weighted by Gasteiger charge is 2.25. The smallest absolute Gasteiger partial charge is 0.225 e. The second kappa shape index (κ2) is 7.37. The van der Waals surface area contributed by atoms with Crippen LogP contribution in [-0.4, -0.2) is 37.0 Å². The molecule has 1 fully saturated rings. The molecule has 0 N–H and O–H groups in total.